The van der Waals surface area contributed by atoms with Gasteiger partial charge in [0.05, 0.1) is 0 Å². The van der Waals surface area contributed by atoms with Crippen LogP contribution in [-0.4, -0.2) is 25.5 Å². The van der Waals surface area contributed by atoms with Gasteiger partial charge in [-0.3, -0.25) is 4.79 Å². The lowest BCUT2D eigenvalue weighted by atomic mass is 10.1. The second-order valence-corrected chi connectivity index (χ2v) is 6.35. The Morgan fingerprint density at radius 2 is 1.80 bits per heavy atom. The molecule has 0 radical (unpaired) electrons. The molecular formula is C22H30N2O. The van der Waals surface area contributed by atoms with Gasteiger partial charge in [-0.05, 0) is 49.8 Å². The van der Waals surface area contributed by atoms with E-state index in [0.717, 1.165) is 51.7 Å². The maximum atomic E-state index is 11.8. The molecule has 0 atom stereocenters. The van der Waals surface area contributed by atoms with E-state index < -0.39 is 0 Å². The van der Waals surface area contributed by atoms with Crippen LogP contribution in [-0.2, 0) is 11.2 Å². The average molecular weight is 338 g/mol. The normalized spacial score (nSPS) is 13.4. The number of nitrogens with one attached hydrogen (secondary N) is 2. The quantitative estimate of drug-likeness (QED) is 0.600. The first-order chi connectivity index (χ1) is 12.3. The minimum Gasteiger partial charge on any atom is -0.356 e. The minimum absolute atomic E-state index is 0.140. The number of benzene rings is 1. The third-order valence-electron chi connectivity index (χ3n) is 4.21. The molecule has 0 fully saturated rings. The van der Waals surface area contributed by atoms with Crippen LogP contribution in [0.4, 0.5) is 0 Å². The van der Waals surface area contributed by atoms with Gasteiger partial charge in [-0.15, -0.1) is 0 Å². The van der Waals surface area contributed by atoms with Gasteiger partial charge >= 0.3 is 0 Å². The number of allylic oxidation sites excluding steroid dienone is 6. The van der Waals surface area contributed by atoms with E-state index in [1.54, 1.807) is 0 Å². The zero-order valence-corrected chi connectivity index (χ0v) is 15.0. The van der Waals surface area contributed by atoms with Gasteiger partial charge in [-0.1, -0.05) is 60.7 Å². The van der Waals surface area contributed by atoms with Crippen LogP contribution in [0, 0.1) is 0 Å². The number of rotatable bonds is 11. The lowest BCUT2D eigenvalue weighted by Gasteiger charge is -2.07. The van der Waals surface area contributed by atoms with Gasteiger partial charge in [0.2, 0.25) is 5.91 Å². The molecule has 0 aromatic heterocycles. The Labute approximate surface area is 151 Å². The molecule has 0 spiro atoms. The van der Waals surface area contributed by atoms with Crippen LogP contribution < -0.4 is 10.6 Å². The maximum absolute atomic E-state index is 11.8. The van der Waals surface area contributed by atoms with Crippen molar-refractivity contribution in [3.63, 3.8) is 0 Å². The number of carbonyl (C=O) groups is 1. The molecule has 1 aliphatic rings. The Hall–Kier alpha value is -2.13. The lowest BCUT2D eigenvalue weighted by molar-refractivity contribution is -0.120. The number of hydrogen-bond acceptors (Lipinski definition) is 2. The predicted octanol–water partition coefficient (Wildman–Crippen LogP) is 3.94. The predicted molar refractivity (Wildman–Crippen MR) is 105 cm³/mol. The summed E-state index contributed by atoms with van der Waals surface area (Å²) in [6.45, 7) is 2.46. The van der Waals surface area contributed by atoms with Crippen LogP contribution in [0.3, 0.4) is 0 Å². The van der Waals surface area contributed by atoms with Gasteiger partial charge in [0.25, 0.3) is 0 Å². The zero-order valence-electron chi connectivity index (χ0n) is 15.0. The van der Waals surface area contributed by atoms with Crippen LogP contribution in [0.25, 0.3) is 0 Å². The van der Waals surface area contributed by atoms with E-state index in [-0.39, 0.29) is 5.91 Å². The molecule has 3 nitrogen and oxygen atoms in total. The molecule has 1 amide bonds. The Balaban J connectivity index is 1.43. The molecule has 2 N–H and O–H groups in total. The van der Waals surface area contributed by atoms with E-state index in [0.29, 0.717) is 6.42 Å². The maximum Gasteiger partial charge on any atom is 0.221 e. The molecule has 25 heavy (non-hydrogen) atoms. The highest BCUT2D eigenvalue weighted by Crippen LogP contribution is 2.10. The standard InChI is InChI=1S/C22H30N2O/c25-22(24-18-9-15-21-10-4-1-2-5-11-21)16-19-23-17-8-14-20-12-6-3-7-13-20/h1,3-7,10-13,23H,2,8-9,14-19H2,(H,24,25). The van der Waals surface area contributed by atoms with E-state index in [1.165, 1.54) is 11.1 Å². The first kappa shape index (κ1) is 19.2. The van der Waals surface area contributed by atoms with Crippen molar-refractivity contribution in [2.75, 3.05) is 19.6 Å². The lowest BCUT2D eigenvalue weighted by Crippen LogP contribution is -2.28. The van der Waals surface area contributed by atoms with E-state index in [2.05, 4.69) is 65.3 Å². The van der Waals surface area contributed by atoms with Crippen molar-refractivity contribution in [1.29, 1.82) is 0 Å². The van der Waals surface area contributed by atoms with Crippen LogP contribution in [0.5, 0.6) is 0 Å². The van der Waals surface area contributed by atoms with Crippen LogP contribution in [0.15, 0.2) is 66.3 Å². The molecule has 0 saturated heterocycles. The van der Waals surface area contributed by atoms with Crippen LogP contribution in [0.1, 0.15) is 37.7 Å². The Bertz CT molecular complexity index is 587. The van der Waals surface area contributed by atoms with E-state index in [4.69, 9.17) is 0 Å². The van der Waals surface area contributed by atoms with Crippen molar-refractivity contribution in [3.8, 4) is 0 Å². The molecule has 0 saturated carbocycles. The van der Waals surface area contributed by atoms with Gasteiger partial charge in [0.1, 0.15) is 0 Å². The zero-order chi connectivity index (χ0) is 17.6. The topological polar surface area (TPSA) is 41.1 Å². The summed E-state index contributed by atoms with van der Waals surface area (Å²) in [6.07, 6.45) is 16.5. The summed E-state index contributed by atoms with van der Waals surface area (Å²) in [4.78, 5) is 11.8. The van der Waals surface area contributed by atoms with Gasteiger partial charge in [-0.25, -0.2) is 0 Å². The molecule has 0 heterocycles. The highest BCUT2D eigenvalue weighted by Gasteiger charge is 2.01. The van der Waals surface area contributed by atoms with Gasteiger partial charge < -0.3 is 10.6 Å². The molecule has 1 aromatic rings. The number of carbonyl (C=O) groups excluding carboxylic acids is 1. The molecular weight excluding hydrogens is 308 g/mol. The van der Waals surface area contributed by atoms with E-state index in [9.17, 15) is 4.79 Å². The molecule has 3 heteroatoms. The Morgan fingerprint density at radius 1 is 0.960 bits per heavy atom. The summed E-state index contributed by atoms with van der Waals surface area (Å²) >= 11 is 0. The molecule has 0 unspecified atom stereocenters. The number of aryl methyl sites for hydroxylation is 1. The summed E-state index contributed by atoms with van der Waals surface area (Å²) in [5, 5.41) is 6.36. The van der Waals surface area contributed by atoms with E-state index >= 15 is 0 Å². The Morgan fingerprint density at radius 3 is 2.68 bits per heavy atom. The monoisotopic (exact) mass is 338 g/mol. The molecule has 0 aliphatic heterocycles. The second kappa shape index (κ2) is 12.3. The SMILES string of the molecule is O=C(CCNCCCc1ccccc1)NCCCC1=CC=CCC=C1. The number of hydrogen-bond donors (Lipinski definition) is 2. The van der Waals surface area contributed by atoms with Crippen LogP contribution >= 0.6 is 0 Å². The fraction of sp³-hybridized carbons (Fsp3) is 0.409. The minimum atomic E-state index is 0.140. The van der Waals surface area contributed by atoms with Gasteiger partial charge in [0.15, 0.2) is 0 Å². The third-order valence-corrected chi connectivity index (χ3v) is 4.21. The Kier molecular flexibility index (Phi) is 9.42. The summed E-state index contributed by atoms with van der Waals surface area (Å²) in [6, 6.07) is 10.5. The van der Waals surface area contributed by atoms with Crippen molar-refractivity contribution >= 4 is 5.91 Å². The largest absolute Gasteiger partial charge is 0.356 e. The highest BCUT2D eigenvalue weighted by molar-refractivity contribution is 5.75. The second-order valence-electron chi connectivity index (χ2n) is 6.35. The molecule has 134 valence electrons. The van der Waals surface area contributed by atoms with Crippen molar-refractivity contribution in [3.05, 3.63) is 71.8 Å². The highest BCUT2D eigenvalue weighted by atomic mass is 16.1. The van der Waals surface area contributed by atoms with Crippen molar-refractivity contribution < 1.29 is 4.79 Å². The smallest absolute Gasteiger partial charge is 0.221 e. The van der Waals surface area contributed by atoms with E-state index in [1.807, 2.05) is 6.07 Å². The van der Waals surface area contributed by atoms with Gasteiger partial charge in [0, 0.05) is 19.5 Å². The first-order valence-electron chi connectivity index (χ1n) is 9.38. The van der Waals surface area contributed by atoms with Crippen LogP contribution in [0.2, 0.25) is 0 Å². The molecule has 1 aliphatic carbocycles. The average Bonchev–Trinajstić information content (AvgIpc) is 2.91. The number of amides is 1. The fourth-order valence-corrected chi connectivity index (χ4v) is 2.79. The van der Waals surface area contributed by atoms with Gasteiger partial charge in [-0.2, -0.15) is 0 Å². The summed E-state index contributed by atoms with van der Waals surface area (Å²) in [7, 11) is 0. The van der Waals surface area contributed by atoms with Crippen molar-refractivity contribution in [2.24, 2.45) is 0 Å². The van der Waals surface area contributed by atoms with Crippen molar-refractivity contribution in [2.45, 2.75) is 38.5 Å². The van der Waals surface area contributed by atoms with Crippen molar-refractivity contribution in [1.82, 2.24) is 10.6 Å². The molecule has 0 bridgehead atoms. The third kappa shape index (κ3) is 9.06. The molecule has 1 aromatic carbocycles. The summed E-state index contributed by atoms with van der Waals surface area (Å²) in [5.41, 5.74) is 2.71. The summed E-state index contributed by atoms with van der Waals surface area (Å²) < 4.78 is 0. The molecule has 2 rings (SSSR count). The first-order valence-corrected chi connectivity index (χ1v) is 9.38. The summed E-state index contributed by atoms with van der Waals surface area (Å²) in [5.74, 6) is 0.140. The fourth-order valence-electron chi connectivity index (χ4n) is 2.79.